The molecule has 5 nitrogen and oxygen atoms in total. The maximum absolute atomic E-state index is 12.6. The number of aliphatic hydroxyl groups excluding tert-OH is 1. The number of carbonyl (C=O) groups is 1. The van der Waals surface area contributed by atoms with Gasteiger partial charge in [-0.15, -0.1) is 0 Å². The Bertz CT molecular complexity index is 324. The van der Waals surface area contributed by atoms with Crippen molar-refractivity contribution in [1.82, 2.24) is 4.90 Å². The van der Waals surface area contributed by atoms with E-state index in [0.29, 0.717) is 19.0 Å². The highest BCUT2D eigenvalue weighted by atomic mass is 16.5. The van der Waals surface area contributed by atoms with Gasteiger partial charge >= 0.3 is 0 Å². The molecule has 1 amide bonds. The van der Waals surface area contributed by atoms with Crippen molar-refractivity contribution in [1.29, 1.82) is 0 Å². The predicted octanol–water partition coefficient (Wildman–Crippen LogP) is 0.358. The standard InChI is InChI=1S/C14H26N2O3/c1-9-3-4-13(15)12(5-9)14(18)16-6-10(2)19-11(7-16)8-17/h9-13,17H,3-8,15H2,1-2H3. The summed E-state index contributed by atoms with van der Waals surface area (Å²) in [7, 11) is 0. The summed E-state index contributed by atoms with van der Waals surface area (Å²) >= 11 is 0. The molecule has 0 bridgehead atoms. The Morgan fingerprint density at radius 3 is 2.79 bits per heavy atom. The lowest BCUT2D eigenvalue weighted by molar-refractivity contribution is -0.153. The molecule has 2 fully saturated rings. The molecule has 2 aliphatic rings. The van der Waals surface area contributed by atoms with Gasteiger partial charge < -0.3 is 20.5 Å². The summed E-state index contributed by atoms with van der Waals surface area (Å²) in [6, 6.07) is -0.0190. The molecule has 5 atom stereocenters. The number of nitrogens with zero attached hydrogens (tertiary/aromatic N) is 1. The molecular weight excluding hydrogens is 244 g/mol. The zero-order chi connectivity index (χ0) is 14.0. The first-order chi connectivity index (χ1) is 9.01. The fraction of sp³-hybridized carbons (Fsp3) is 0.929. The minimum Gasteiger partial charge on any atom is -0.394 e. The third-order valence-corrected chi connectivity index (χ3v) is 4.32. The van der Waals surface area contributed by atoms with Gasteiger partial charge in [0.05, 0.1) is 24.7 Å². The molecule has 0 radical (unpaired) electrons. The van der Waals surface area contributed by atoms with Gasteiger partial charge in [0.25, 0.3) is 0 Å². The maximum Gasteiger partial charge on any atom is 0.227 e. The van der Waals surface area contributed by atoms with Crippen LogP contribution in [0, 0.1) is 11.8 Å². The van der Waals surface area contributed by atoms with Crippen molar-refractivity contribution >= 4 is 5.91 Å². The summed E-state index contributed by atoms with van der Waals surface area (Å²) in [5.74, 6) is 0.655. The largest absolute Gasteiger partial charge is 0.394 e. The zero-order valence-electron chi connectivity index (χ0n) is 11.9. The predicted molar refractivity (Wildman–Crippen MR) is 72.5 cm³/mol. The summed E-state index contributed by atoms with van der Waals surface area (Å²) in [4.78, 5) is 14.5. The van der Waals surface area contributed by atoms with Gasteiger partial charge in [-0.2, -0.15) is 0 Å². The van der Waals surface area contributed by atoms with Crippen molar-refractivity contribution in [2.24, 2.45) is 17.6 Å². The second-order valence-corrected chi connectivity index (χ2v) is 6.18. The molecule has 5 unspecified atom stereocenters. The highest BCUT2D eigenvalue weighted by Gasteiger charge is 2.37. The smallest absolute Gasteiger partial charge is 0.227 e. The van der Waals surface area contributed by atoms with Crippen LogP contribution in [0.5, 0.6) is 0 Å². The Kier molecular flexibility index (Phi) is 4.81. The number of hydrogen-bond donors (Lipinski definition) is 2. The Morgan fingerprint density at radius 1 is 1.37 bits per heavy atom. The number of hydrogen-bond acceptors (Lipinski definition) is 4. The molecule has 3 N–H and O–H groups in total. The number of amides is 1. The third kappa shape index (κ3) is 3.46. The molecule has 0 aromatic heterocycles. The van der Waals surface area contributed by atoms with Gasteiger partial charge in [-0.1, -0.05) is 6.92 Å². The maximum atomic E-state index is 12.6. The number of morpholine rings is 1. The second-order valence-electron chi connectivity index (χ2n) is 6.18. The molecule has 1 heterocycles. The lowest BCUT2D eigenvalue weighted by atomic mass is 9.78. The van der Waals surface area contributed by atoms with Crippen LogP contribution in [-0.4, -0.2) is 53.9 Å². The summed E-state index contributed by atoms with van der Waals surface area (Å²) in [6.07, 6.45) is 2.65. The van der Waals surface area contributed by atoms with Crippen LogP contribution in [0.3, 0.4) is 0 Å². The number of carbonyl (C=O) groups excluding carboxylic acids is 1. The number of nitrogens with two attached hydrogens (primary N) is 1. The van der Waals surface area contributed by atoms with E-state index in [-0.39, 0.29) is 36.7 Å². The first kappa shape index (κ1) is 14.8. The molecule has 0 aromatic carbocycles. The highest BCUT2D eigenvalue weighted by molar-refractivity contribution is 5.80. The lowest BCUT2D eigenvalue weighted by Crippen LogP contribution is -2.55. The number of rotatable bonds is 2. The number of ether oxygens (including phenoxy) is 1. The Morgan fingerprint density at radius 2 is 2.11 bits per heavy atom. The molecule has 0 spiro atoms. The van der Waals surface area contributed by atoms with Gasteiger partial charge in [0.2, 0.25) is 5.91 Å². The Balaban J connectivity index is 2.01. The van der Waals surface area contributed by atoms with Crippen LogP contribution in [0.15, 0.2) is 0 Å². The summed E-state index contributed by atoms with van der Waals surface area (Å²) < 4.78 is 5.58. The first-order valence-corrected chi connectivity index (χ1v) is 7.32. The summed E-state index contributed by atoms with van der Waals surface area (Å²) in [6.45, 7) is 5.17. The van der Waals surface area contributed by atoms with E-state index in [1.807, 2.05) is 11.8 Å². The van der Waals surface area contributed by atoms with Crippen LogP contribution in [0.4, 0.5) is 0 Å². The molecule has 110 valence electrons. The Hall–Kier alpha value is -0.650. The van der Waals surface area contributed by atoms with Crippen molar-refractivity contribution in [3.05, 3.63) is 0 Å². The van der Waals surface area contributed by atoms with Crippen molar-refractivity contribution < 1.29 is 14.6 Å². The van der Waals surface area contributed by atoms with Gasteiger partial charge in [0.1, 0.15) is 0 Å². The van der Waals surface area contributed by atoms with Gasteiger partial charge in [-0.25, -0.2) is 0 Å². The molecule has 5 heteroatoms. The van der Waals surface area contributed by atoms with E-state index in [2.05, 4.69) is 6.92 Å². The molecule has 1 saturated carbocycles. The second kappa shape index (κ2) is 6.20. The zero-order valence-corrected chi connectivity index (χ0v) is 11.9. The van der Waals surface area contributed by atoms with Crippen LogP contribution in [0.25, 0.3) is 0 Å². The minimum absolute atomic E-state index is 0.0190. The first-order valence-electron chi connectivity index (χ1n) is 7.32. The van der Waals surface area contributed by atoms with Gasteiger partial charge in [0.15, 0.2) is 0 Å². The van der Waals surface area contributed by atoms with Crippen LogP contribution in [0.1, 0.15) is 33.1 Å². The quantitative estimate of drug-likeness (QED) is 0.759. The minimum atomic E-state index is -0.259. The highest BCUT2D eigenvalue weighted by Crippen LogP contribution is 2.30. The molecule has 2 rings (SSSR count). The van der Waals surface area contributed by atoms with E-state index in [4.69, 9.17) is 10.5 Å². The lowest BCUT2D eigenvalue weighted by Gasteiger charge is -2.40. The van der Waals surface area contributed by atoms with E-state index in [9.17, 15) is 9.90 Å². The molecule has 1 saturated heterocycles. The average molecular weight is 270 g/mol. The van der Waals surface area contributed by atoms with E-state index >= 15 is 0 Å². The molecule has 1 aliphatic carbocycles. The Labute approximate surface area is 115 Å². The van der Waals surface area contributed by atoms with E-state index in [1.54, 1.807) is 0 Å². The van der Waals surface area contributed by atoms with E-state index in [0.717, 1.165) is 19.3 Å². The van der Waals surface area contributed by atoms with E-state index in [1.165, 1.54) is 0 Å². The monoisotopic (exact) mass is 270 g/mol. The van der Waals surface area contributed by atoms with Crippen molar-refractivity contribution in [2.45, 2.75) is 51.4 Å². The summed E-state index contributed by atoms with van der Waals surface area (Å²) in [5, 5.41) is 9.23. The fourth-order valence-electron chi connectivity index (χ4n) is 3.25. The average Bonchev–Trinajstić information content (AvgIpc) is 2.40. The van der Waals surface area contributed by atoms with Gasteiger partial charge in [0, 0.05) is 19.1 Å². The van der Waals surface area contributed by atoms with Crippen LogP contribution < -0.4 is 5.73 Å². The van der Waals surface area contributed by atoms with Crippen molar-refractivity contribution in [2.75, 3.05) is 19.7 Å². The summed E-state index contributed by atoms with van der Waals surface area (Å²) in [5.41, 5.74) is 6.12. The SMILES string of the molecule is CC1CCC(N)C(C(=O)N2CC(C)OC(CO)C2)C1. The van der Waals surface area contributed by atoms with Crippen molar-refractivity contribution in [3.63, 3.8) is 0 Å². The fourth-order valence-corrected chi connectivity index (χ4v) is 3.25. The third-order valence-electron chi connectivity index (χ3n) is 4.32. The topological polar surface area (TPSA) is 75.8 Å². The van der Waals surface area contributed by atoms with Crippen LogP contribution in [0.2, 0.25) is 0 Å². The van der Waals surface area contributed by atoms with Gasteiger partial charge in [-0.05, 0) is 32.1 Å². The van der Waals surface area contributed by atoms with Crippen LogP contribution in [-0.2, 0) is 9.53 Å². The molecule has 19 heavy (non-hydrogen) atoms. The molecule has 0 aromatic rings. The normalized spacial score (nSPS) is 40.2. The van der Waals surface area contributed by atoms with Crippen molar-refractivity contribution in [3.8, 4) is 0 Å². The van der Waals surface area contributed by atoms with Gasteiger partial charge in [-0.3, -0.25) is 4.79 Å². The van der Waals surface area contributed by atoms with E-state index < -0.39 is 0 Å². The molecule has 1 aliphatic heterocycles. The number of aliphatic hydroxyl groups is 1. The molecular formula is C14H26N2O3. The van der Waals surface area contributed by atoms with Crippen LogP contribution >= 0.6 is 0 Å².